The second-order valence-electron chi connectivity index (χ2n) is 6.37. The molecule has 0 saturated carbocycles. The summed E-state index contributed by atoms with van der Waals surface area (Å²) < 4.78 is 13.2. The van der Waals surface area contributed by atoms with Gasteiger partial charge in [0.25, 0.3) is 17.7 Å². The van der Waals surface area contributed by atoms with Gasteiger partial charge in [-0.05, 0) is 12.1 Å². The Labute approximate surface area is 169 Å². The van der Waals surface area contributed by atoms with Crippen molar-refractivity contribution in [3.8, 4) is 11.5 Å². The molecule has 0 aliphatic carbocycles. The highest BCUT2D eigenvalue weighted by Crippen LogP contribution is 2.33. The summed E-state index contributed by atoms with van der Waals surface area (Å²) in [5.74, 6) is -0.405. The van der Waals surface area contributed by atoms with E-state index in [4.69, 9.17) is 9.47 Å². The number of aromatic nitrogens is 1. The van der Waals surface area contributed by atoms with Gasteiger partial charge in [-0.15, -0.1) is 0 Å². The standard InChI is InChI=1S/C20H17N3O5S/c1-22-13-8-14(27-2)15(28-3)9-16(13)29-20(22)21-17(24)10-23-18(25)11-6-4-5-7-12(11)19(23)26/h4-9H,10H2,1-3H3. The van der Waals surface area contributed by atoms with E-state index in [1.54, 1.807) is 56.2 Å². The van der Waals surface area contributed by atoms with Crippen LogP contribution in [0, 0.1) is 0 Å². The topological polar surface area (TPSA) is 90.2 Å². The molecule has 0 spiro atoms. The van der Waals surface area contributed by atoms with E-state index in [2.05, 4.69) is 4.99 Å². The van der Waals surface area contributed by atoms with Gasteiger partial charge in [0.1, 0.15) is 6.54 Å². The fourth-order valence-electron chi connectivity index (χ4n) is 3.22. The number of benzene rings is 2. The third kappa shape index (κ3) is 3.09. The first kappa shape index (κ1) is 18.9. The number of methoxy groups -OCH3 is 2. The summed E-state index contributed by atoms with van der Waals surface area (Å²) in [6.07, 6.45) is 0. The monoisotopic (exact) mass is 411 g/mol. The lowest BCUT2D eigenvalue weighted by molar-refractivity contribution is -0.118. The van der Waals surface area contributed by atoms with Crippen LogP contribution >= 0.6 is 11.3 Å². The maximum Gasteiger partial charge on any atom is 0.268 e. The first-order valence-corrected chi connectivity index (χ1v) is 9.50. The van der Waals surface area contributed by atoms with Gasteiger partial charge >= 0.3 is 0 Å². The molecule has 0 radical (unpaired) electrons. The third-order valence-electron chi connectivity index (χ3n) is 4.71. The smallest absolute Gasteiger partial charge is 0.268 e. The minimum atomic E-state index is -0.583. The molecule has 1 aromatic heterocycles. The molecule has 2 heterocycles. The summed E-state index contributed by atoms with van der Waals surface area (Å²) in [5.41, 5.74) is 1.42. The molecule has 9 heteroatoms. The highest BCUT2D eigenvalue weighted by Gasteiger charge is 2.36. The van der Waals surface area contributed by atoms with Crippen LogP contribution in [-0.2, 0) is 11.8 Å². The van der Waals surface area contributed by atoms with E-state index in [0.717, 1.165) is 15.1 Å². The van der Waals surface area contributed by atoms with Gasteiger partial charge < -0.3 is 14.0 Å². The van der Waals surface area contributed by atoms with Gasteiger partial charge in [0, 0.05) is 19.2 Å². The Bertz CT molecular complexity index is 1210. The number of imide groups is 1. The molecule has 29 heavy (non-hydrogen) atoms. The van der Waals surface area contributed by atoms with Crippen molar-refractivity contribution >= 4 is 39.3 Å². The van der Waals surface area contributed by atoms with E-state index in [1.807, 2.05) is 6.07 Å². The maximum absolute atomic E-state index is 12.5. The maximum atomic E-state index is 12.5. The molecular formula is C20H17N3O5S. The van der Waals surface area contributed by atoms with Crippen molar-refractivity contribution in [2.75, 3.05) is 20.8 Å². The van der Waals surface area contributed by atoms with E-state index >= 15 is 0 Å². The molecule has 3 amide bonds. The average molecular weight is 411 g/mol. The van der Waals surface area contributed by atoms with Crippen LogP contribution in [0.4, 0.5) is 0 Å². The first-order chi connectivity index (χ1) is 13.9. The predicted molar refractivity (Wildman–Crippen MR) is 106 cm³/mol. The van der Waals surface area contributed by atoms with Crippen molar-refractivity contribution in [1.29, 1.82) is 0 Å². The number of nitrogens with zero attached hydrogens (tertiary/aromatic N) is 3. The van der Waals surface area contributed by atoms with Gasteiger partial charge in [-0.25, -0.2) is 0 Å². The number of rotatable bonds is 4. The van der Waals surface area contributed by atoms with Crippen molar-refractivity contribution in [3.05, 3.63) is 52.3 Å². The number of carbonyl (C=O) groups is 3. The van der Waals surface area contributed by atoms with E-state index in [0.29, 0.717) is 27.4 Å². The van der Waals surface area contributed by atoms with Gasteiger partial charge in [-0.2, -0.15) is 4.99 Å². The van der Waals surface area contributed by atoms with Gasteiger partial charge in [-0.3, -0.25) is 19.3 Å². The summed E-state index contributed by atoms with van der Waals surface area (Å²) in [5, 5.41) is 0. The van der Waals surface area contributed by atoms with Gasteiger partial charge in [0.15, 0.2) is 16.3 Å². The van der Waals surface area contributed by atoms with Crippen LogP contribution in [0.3, 0.4) is 0 Å². The van der Waals surface area contributed by atoms with Crippen molar-refractivity contribution < 1.29 is 23.9 Å². The predicted octanol–water partition coefficient (Wildman–Crippen LogP) is 1.98. The lowest BCUT2D eigenvalue weighted by atomic mass is 10.1. The van der Waals surface area contributed by atoms with Crippen LogP contribution in [0.5, 0.6) is 11.5 Å². The van der Waals surface area contributed by atoms with E-state index in [1.165, 1.54) is 11.3 Å². The molecule has 4 rings (SSSR count). The summed E-state index contributed by atoms with van der Waals surface area (Å²) in [7, 11) is 4.88. The second-order valence-corrected chi connectivity index (χ2v) is 7.38. The molecule has 0 fully saturated rings. The minimum absolute atomic E-state index is 0.303. The van der Waals surface area contributed by atoms with Crippen molar-refractivity contribution in [2.24, 2.45) is 12.0 Å². The summed E-state index contributed by atoms with van der Waals surface area (Å²) in [4.78, 5) is 42.9. The molecule has 0 saturated heterocycles. The van der Waals surface area contributed by atoms with Gasteiger partial charge in [-0.1, -0.05) is 23.5 Å². The minimum Gasteiger partial charge on any atom is -0.493 e. The van der Waals surface area contributed by atoms with Gasteiger partial charge in [0.05, 0.1) is 35.6 Å². The Morgan fingerprint density at radius 1 is 1.03 bits per heavy atom. The van der Waals surface area contributed by atoms with Crippen molar-refractivity contribution in [2.45, 2.75) is 0 Å². The molecule has 0 unspecified atom stereocenters. The number of amides is 3. The quantitative estimate of drug-likeness (QED) is 0.613. The largest absolute Gasteiger partial charge is 0.493 e. The summed E-state index contributed by atoms with van der Waals surface area (Å²) in [6.45, 7) is -0.409. The lowest BCUT2D eigenvalue weighted by Gasteiger charge is -2.10. The van der Waals surface area contributed by atoms with Crippen molar-refractivity contribution in [1.82, 2.24) is 9.47 Å². The molecule has 3 aromatic rings. The molecule has 0 bridgehead atoms. The fraction of sp³-hybridized carbons (Fsp3) is 0.200. The lowest BCUT2D eigenvalue weighted by Crippen LogP contribution is -2.35. The molecular weight excluding hydrogens is 394 g/mol. The van der Waals surface area contributed by atoms with E-state index in [-0.39, 0.29) is 0 Å². The van der Waals surface area contributed by atoms with E-state index in [9.17, 15) is 14.4 Å². The van der Waals surface area contributed by atoms with Crippen LogP contribution in [0.15, 0.2) is 41.4 Å². The van der Waals surface area contributed by atoms with E-state index < -0.39 is 24.3 Å². The molecule has 2 aromatic carbocycles. The number of ether oxygens (including phenoxy) is 2. The molecule has 0 N–H and O–H groups in total. The molecule has 8 nitrogen and oxygen atoms in total. The zero-order valence-electron chi connectivity index (χ0n) is 16.0. The fourth-order valence-corrected chi connectivity index (χ4v) is 4.27. The number of fused-ring (bicyclic) bond motifs is 2. The van der Waals surface area contributed by atoms with Gasteiger partial charge in [0.2, 0.25) is 0 Å². The number of carbonyl (C=O) groups excluding carboxylic acids is 3. The Morgan fingerprint density at radius 2 is 1.62 bits per heavy atom. The number of hydrogen-bond donors (Lipinski definition) is 0. The summed E-state index contributed by atoms with van der Waals surface area (Å²) >= 11 is 1.30. The highest BCUT2D eigenvalue weighted by atomic mass is 32.1. The van der Waals surface area contributed by atoms with Crippen LogP contribution in [0.1, 0.15) is 20.7 Å². The molecule has 1 aliphatic heterocycles. The normalized spacial score (nSPS) is 13.9. The Balaban J connectivity index is 1.66. The number of thiazole rings is 1. The third-order valence-corrected chi connectivity index (χ3v) is 5.80. The second kappa shape index (κ2) is 7.17. The highest BCUT2D eigenvalue weighted by molar-refractivity contribution is 7.16. The molecule has 1 aliphatic rings. The first-order valence-electron chi connectivity index (χ1n) is 8.69. The summed E-state index contributed by atoms with van der Waals surface area (Å²) in [6, 6.07) is 10.1. The Kier molecular flexibility index (Phi) is 4.67. The van der Waals surface area contributed by atoms with Crippen molar-refractivity contribution in [3.63, 3.8) is 0 Å². The zero-order valence-corrected chi connectivity index (χ0v) is 16.8. The zero-order chi connectivity index (χ0) is 20.7. The average Bonchev–Trinajstić information content (AvgIpc) is 3.16. The van der Waals surface area contributed by atoms with Crippen LogP contribution in [0.25, 0.3) is 10.2 Å². The Morgan fingerprint density at radius 3 is 2.21 bits per heavy atom. The van der Waals surface area contributed by atoms with Crippen LogP contribution < -0.4 is 14.3 Å². The van der Waals surface area contributed by atoms with Crippen LogP contribution in [0.2, 0.25) is 0 Å². The number of aryl methyl sites for hydroxylation is 1. The molecule has 148 valence electrons. The van der Waals surface area contributed by atoms with Crippen LogP contribution in [-0.4, -0.2) is 48.0 Å². The molecule has 0 atom stereocenters. The Hall–Kier alpha value is -3.46. The SMILES string of the molecule is COc1cc2sc(=NC(=O)CN3C(=O)c4ccccc4C3=O)n(C)c2cc1OC. The number of hydrogen-bond acceptors (Lipinski definition) is 6.